The monoisotopic (exact) mass is 319 g/mol. The van der Waals surface area contributed by atoms with Gasteiger partial charge in [0.2, 0.25) is 0 Å². The predicted octanol–water partition coefficient (Wildman–Crippen LogP) is 4.79. The second-order valence-corrected chi connectivity index (χ2v) is 7.02. The van der Waals surface area contributed by atoms with Crippen LogP contribution in [0.1, 0.15) is 58.5 Å². The molecular weight excluding hydrogens is 294 g/mol. The highest BCUT2D eigenvalue weighted by atomic mass is 32.1. The van der Waals surface area contributed by atoms with E-state index in [2.05, 4.69) is 56.9 Å². The van der Waals surface area contributed by atoms with Gasteiger partial charge in [0.15, 0.2) is 10.6 Å². The Bertz CT molecular complexity index is 664. The lowest BCUT2D eigenvalue weighted by Crippen LogP contribution is -2.12. The van der Waals surface area contributed by atoms with Crippen molar-refractivity contribution in [3.05, 3.63) is 40.4 Å². The Morgan fingerprint density at radius 2 is 1.91 bits per heavy atom. The Hall–Kier alpha value is -1.62. The Balaban J connectivity index is 2.09. The lowest BCUT2D eigenvalue weighted by Gasteiger charge is -2.19. The molecule has 4 nitrogen and oxygen atoms in total. The van der Waals surface area contributed by atoms with Crippen LogP contribution in [0, 0.1) is 4.77 Å². The van der Waals surface area contributed by atoms with Crippen molar-refractivity contribution in [1.82, 2.24) is 14.8 Å². The highest BCUT2D eigenvalue weighted by molar-refractivity contribution is 7.71. The molecule has 0 aliphatic heterocycles. The highest BCUT2D eigenvalue weighted by Crippen LogP contribution is 2.24. The number of nitrogens with one attached hydrogen (secondary N) is 1. The molecule has 120 valence electrons. The molecule has 22 heavy (non-hydrogen) atoms. The first-order valence-corrected chi connectivity index (χ1v) is 8.13. The number of benzene rings is 1. The molecule has 1 heterocycles. The third-order valence-corrected chi connectivity index (χ3v) is 4.19. The van der Waals surface area contributed by atoms with Gasteiger partial charge in [-0.25, -0.2) is 0 Å². The zero-order valence-electron chi connectivity index (χ0n) is 14.0. The van der Waals surface area contributed by atoms with Crippen molar-refractivity contribution in [2.45, 2.75) is 59.1 Å². The summed E-state index contributed by atoms with van der Waals surface area (Å²) in [5.74, 6) is 1.68. The fourth-order valence-corrected chi connectivity index (χ4v) is 2.61. The molecule has 0 saturated carbocycles. The SMILES string of the molecule is CC[C@@H](C)n1c(COc2ccc(C(C)(C)C)cc2)n[nH]c1=S. The molecule has 0 amide bonds. The van der Waals surface area contributed by atoms with E-state index in [1.165, 1.54) is 5.56 Å². The van der Waals surface area contributed by atoms with E-state index in [0.717, 1.165) is 18.0 Å². The normalized spacial score (nSPS) is 13.1. The van der Waals surface area contributed by atoms with Crippen molar-refractivity contribution in [3.8, 4) is 5.75 Å². The molecule has 1 N–H and O–H groups in total. The summed E-state index contributed by atoms with van der Waals surface area (Å²) in [4.78, 5) is 0. The lowest BCUT2D eigenvalue weighted by molar-refractivity contribution is 0.283. The summed E-state index contributed by atoms with van der Waals surface area (Å²) >= 11 is 5.29. The molecule has 0 aliphatic rings. The van der Waals surface area contributed by atoms with Gasteiger partial charge in [0.05, 0.1) is 0 Å². The van der Waals surface area contributed by atoms with Gasteiger partial charge >= 0.3 is 0 Å². The Labute approximate surface area is 137 Å². The maximum atomic E-state index is 5.86. The number of ether oxygens (including phenoxy) is 1. The van der Waals surface area contributed by atoms with Crippen molar-refractivity contribution >= 4 is 12.2 Å². The maximum absolute atomic E-state index is 5.86. The maximum Gasteiger partial charge on any atom is 0.195 e. The topological polar surface area (TPSA) is 42.8 Å². The standard InChI is InChI=1S/C17H25N3OS/c1-6-12(2)20-15(18-19-16(20)22)11-21-14-9-7-13(8-10-14)17(3,4)5/h7-10,12H,6,11H2,1-5H3,(H,19,22)/t12-/m1/s1. The Morgan fingerprint density at radius 1 is 1.27 bits per heavy atom. The van der Waals surface area contributed by atoms with Gasteiger partial charge in [-0.2, -0.15) is 5.10 Å². The first-order chi connectivity index (χ1) is 10.3. The fraction of sp³-hybridized carbons (Fsp3) is 0.529. The van der Waals surface area contributed by atoms with Crippen LogP contribution in [0.4, 0.5) is 0 Å². The smallest absolute Gasteiger partial charge is 0.195 e. The molecule has 0 saturated heterocycles. The van der Waals surface area contributed by atoms with Crippen molar-refractivity contribution in [3.63, 3.8) is 0 Å². The van der Waals surface area contributed by atoms with Crippen LogP contribution in [0.15, 0.2) is 24.3 Å². The number of nitrogens with zero attached hydrogens (tertiary/aromatic N) is 2. The molecule has 0 radical (unpaired) electrons. The first-order valence-electron chi connectivity index (χ1n) is 7.72. The van der Waals surface area contributed by atoms with Crippen LogP contribution < -0.4 is 4.74 Å². The zero-order chi connectivity index (χ0) is 16.3. The Morgan fingerprint density at radius 3 is 2.45 bits per heavy atom. The van der Waals surface area contributed by atoms with Crippen LogP contribution in [-0.2, 0) is 12.0 Å². The summed E-state index contributed by atoms with van der Waals surface area (Å²) < 4.78 is 8.53. The second-order valence-electron chi connectivity index (χ2n) is 6.64. The molecule has 1 aromatic carbocycles. The van der Waals surface area contributed by atoms with Crippen LogP contribution in [0.5, 0.6) is 5.75 Å². The summed E-state index contributed by atoms with van der Waals surface area (Å²) in [7, 11) is 0. The minimum Gasteiger partial charge on any atom is -0.486 e. The quantitative estimate of drug-likeness (QED) is 0.806. The fourth-order valence-electron chi connectivity index (χ4n) is 2.28. The van der Waals surface area contributed by atoms with Crippen LogP contribution in [0.3, 0.4) is 0 Å². The van der Waals surface area contributed by atoms with Crippen LogP contribution in [0.25, 0.3) is 0 Å². The van der Waals surface area contributed by atoms with E-state index >= 15 is 0 Å². The van der Waals surface area contributed by atoms with Crippen LogP contribution >= 0.6 is 12.2 Å². The summed E-state index contributed by atoms with van der Waals surface area (Å²) in [6, 6.07) is 8.56. The first kappa shape index (κ1) is 16.7. The molecule has 5 heteroatoms. The molecule has 2 rings (SSSR count). The molecule has 0 unspecified atom stereocenters. The highest BCUT2D eigenvalue weighted by Gasteiger charge is 2.14. The van der Waals surface area contributed by atoms with Gasteiger partial charge in [0.1, 0.15) is 12.4 Å². The molecule has 2 aromatic rings. The van der Waals surface area contributed by atoms with Gasteiger partial charge in [-0.1, -0.05) is 39.8 Å². The van der Waals surface area contributed by atoms with Crippen molar-refractivity contribution in [2.75, 3.05) is 0 Å². The van der Waals surface area contributed by atoms with Crippen molar-refractivity contribution in [2.24, 2.45) is 0 Å². The number of H-pyrrole nitrogens is 1. The molecule has 1 aromatic heterocycles. The third kappa shape index (κ3) is 3.77. The molecule has 0 spiro atoms. The van der Waals surface area contributed by atoms with E-state index < -0.39 is 0 Å². The lowest BCUT2D eigenvalue weighted by atomic mass is 9.87. The van der Waals surface area contributed by atoms with E-state index in [0.29, 0.717) is 17.4 Å². The van der Waals surface area contributed by atoms with Gasteiger partial charge < -0.3 is 4.74 Å². The summed E-state index contributed by atoms with van der Waals surface area (Å²) in [5.41, 5.74) is 1.44. The zero-order valence-corrected chi connectivity index (χ0v) is 14.8. The van der Waals surface area contributed by atoms with E-state index in [-0.39, 0.29) is 5.41 Å². The number of aromatic amines is 1. The van der Waals surface area contributed by atoms with E-state index in [4.69, 9.17) is 17.0 Å². The number of hydrogen-bond acceptors (Lipinski definition) is 3. The number of aromatic nitrogens is 3. The van der Waals surface area contributed by atoms with E-state index in [1.807, 2.05) is 16.7 Å². The average molecular weight is 319 g/mol. The van der Waals surface area contributed by atoms with E-state index in [1.54, 1.807) is 0 Å². The molecular formula is C17H25N3OS. The summed E-state index contributed by atoms with van der Waals surface area (Å²) in [6.07, 6.45) is 1.00. The second kappa shape index (κ2) is 6.65. The Kier molecular flexibility index (Phi) is 5.06. The van der Waals surface area contributed by atoms with Crippen molar-refractivity contribution in [1.29, 1.82) is 0 Å². The van der Waals surface area contributed by atoms with Crippen LogP contribution in [-0.4, -0.2) is 14.8 Å². The van der Waals surface area contributed by atoms with E-state index in [9.17, 15) is 0 Å². The van der Waals surface area contributed by atoms with Gasteiger partial charge in [0.25, 0.3) is 0 Å². The molecule has 0 aliphatic carbocycles. The summed E-state index contributed by atoms with van der Waals surface area (Å²) in [6.45, 7) is 11.3. The number of rotatable bonds is 5. The largest absolute Gasteiger partial charge is 0.486 e. The molecule has 0 bridgehead atoms. The third-order valence-electron chi connectivity index (χ3n) is 3.90. The van der Waals surface area contributed by atoms with Gasteiger partial charge in [-0.05, 0) is 48.7 Å². The minimum absolute atomic E-state index is 0.150. The molecule has 0 fully saturated rings. The summed E-state index contributed by atoms with van der Waals surface area (Å²) in [5, 5.41) is 7.13. The molecule has 1 atom stereocenters. The predicted molar refractivity (Wildman–Crippen MR) is 91.9 cm³/mol. The van der Waals surface area contributed by atoms with Crippen LogP contribution in [0.2, 0.25) is 0 Å². The number of hydrogen-bond donors (Lipinski definition) is 1. The van der Waals surface area contributed by atoms with Crippen molar-refractivity contribution < 1.29 is 4.74 Å². The minimum atomic E-state index is 0.150. The van der Waals surface area contributed by atoms with Gasteiger partial charge in [-0.3, -0.25) is 9.67 Å². The van der Waals surface area contributed by atoms with Gasteiger partial charge in [-0.15, -0.1) is 0 Å². The average Bonchev–Trinajstić information content (AvgIpc) is 2.85. The van der Waals surface area contributed by atoms with Gasteiger partial charge in [0, 0.05) is 6.04 Å².